The number of rotatable bonds is 2. The Hall–Kier alpha value is -1.39. The van der Waals surface area contributed by atoms with E-state index >= 15 is 0 Å². The van der Waals surface area contributed by atoms with Crippen molar-refractivity contribution >= 4 is 6.09 Å². The van der Waals surface area contributed by atoms with E-state index in [9.17, 15) is 4.79 Å². The number of hydrogen-bond donors (Lipinski definition) is 2. The summed E-state index contributed by atoms with van der Waals surface area (Å²) < 4.78 is 5.36. The molecule has 0 radical (unpaired) electrons. The normalized spacial score (nSPS) is 16.9. The van der Waals surface area contributed by atoms with Gasteiger partial charge in [0.1, 0.15) is 5.60 Å². The lowest BCUT2D eigenvalue weighted by atomic mass is 10.1. The van der Waals surface area contributed by atoms with Crippen LogP contribution in [0.3, 0.4) is 0 Å². The largest absolute Gasteiger partial charge is 0.444 e. The molecule has 1 rings (SSSR count). The van der Waals surface area contributed by atoms with Gasteiger partial charge < -0.3 is 20.3 Å². The molecule has 0 unspecified atom stereocenters. The molecular weight excluding hydrogens is 218 g/mol. The number of likely N-dealkylation sites (N-methyl/N-ethyl adjacent to an activating group) is 1. The maximum atomic E-state index is 11.9. The zero-order valence-electron chi connectivity index (χ0n) is 11.4. The first kappa shape index (κ1) is 13.7. The third kappa shape index (κ3) is 3.84. The number of nitrogens with zero attached hydrogens (tertiary/aromatic N) is 1. The second-order valence-corrected chi connectivity index (χ2v) is 5.11. The van der Waals surface area contributed by atoms with E-state index in [1.54, 1.807) is 4.90 Å². The van der Waals surface area contributed by atoms with Crippen LogP contribution in [0.5, 0.6) is 0 Å². The van der Waals surface area contributed by atoms with Crippen LogP contribution in [0, 0.1) is 0 Å². The van der Waals surface area contributed by atoms with Crippen molar-refractivity contribution in [3.05, 3.63) is 11.4 Å². The van der Waals surface area contributed by atoms with Crippen LogP contribution in [0.1, 0.15) is 27.2 Å². The second-order valence-electron chi connectivity index (χ2n) is 5.11. The van der Waals surface area contributed by atoms with Crippen LogP contribution >= 0.6 is 0 Å². The third-order valence-corrected chi connectivity index (χ3v) is 2.60. The summed E-state index contributed by atoms with van der Waals surface area (Å²) in [6.45, 7) is 6.89. The maximum Gasteiger partial charge on any atom is 0.410 e. The van der Waals surface area contributed by atoms with Crippen molar-refractivity contribution in [1.29, 1.82) is 0 Å². The molecule has 0 spiro atoms. The zero-order valence-corrected chi connectivity index (χ0v) is 11.4. The quantitative estimate of drug-likeness (QED) is 0.764. The summed E-state index contributed by atoms with van der Waals surface area (Å²) >= 11 is 0. The van der Waals surface area contributed by atoms with Crippen LogP contribution in [0.2, 0.25) is 0 Å². The minimum absolute atomic E-state index is 0.250. The van der Waals surface area contributed by atoms with Gasteiger partial charge in [0.05, 0.1) is 6.54 Å². The summed E-state index contributed by atoms with van der Waals surface area (Å²) in [5.41, 5.74) is 1.76. The highest BCUT2D eigenvalue weighted by molar-refractivity contribution is 5.68. The molecule has 0 saturated carbocycles. The van der Waals surface area contributed by atoms with Gasteiger partial charge in [0.15, 0.2) is 0 Å². The molecule has 1 aliphatic rings. The van der Waals surface area contributed by atoms with Crippen molar-refractivity contribution in [2.75, 3.05) is 27.2 Å². The highest BCUT2D eigenvalue weighted by Gasteiger charge is 2.26. The molecule has 17 heavy (non-hydrogen) atoms. The van der Waals surface area contributed by atoms with E-state index in [1.807, 2.05) is 34.9 Å². The van der Waals surface area contributed by atoms with Gasteiger partial charge in [-0.25, -0.2) is 4.79 Å². The van der Waals surface area contributed by atoms with Gasteiger partial charge in [-0.2, -0.15) is 0 Å². The van der Waals surface area contributed by atoms with Crippen LogP contribution < -0.4 is 10.6 Å². The Kier molecular flexibility index (Phi) is 4.26. The predicted octanol–water partition coefficient (Wildman–Crippen LogP) is 1.28. The fraction of sp³-hybridized carbons (Fsp3) is 0.750. The van der Waals surface area contributed by atoms with E-state index in [0.29, 0.717) is 13.1 Å². The number of carbonyl (C=O) groups excluding carboxylic acids is 1. The van der Waals surface area contributed by atoms with Gasteiger partial charge >= 0.3 is 6.09 Å². The van der Waals surface area contributed by atoms with Crippen LogP contribution in [0.4, 0.5) is 4.79 Å². The smallest absolute Gasteiger partial charge is 0.410 e. The van der Waals surface area contributed by atoms with Crippen molar-refractivity contribution in [1.82, 2.24) is 15.5 Å². The summed E-state index contributed by atoms with van der Waals surface area (Å²) in [6, 6.07) is 0. The van der Waals surface area contributed by atoms with Crippen LogP contribution in [-0.2, 0) is 4.74 Å². The van der Waals surface area contributed by atoms with E-state index in [4.69, 9.17) is 4.74 Å². The molecule has 0 aliphatic carbocycles. The Bertz CT molecular complexity index is 318. The molecular formula is C12H23N3O2. The summed E-state index contributed by atoms with van der Waals surface area (Å²) in [5.74, 6) is 0. The first-order valence-electron chi connectivity index (χ1n) is 5.93. The van der Waals surface area contributed by atoms with Crippen LogP contribution in [0.25, 0.3) is 0 Å². The van der Waals surface area contributed by atoms with Crippen molar-refractivity contribution in [3.63, 3.8) is 0 Å². The average Bonchev–Trinajstić information content (AvgIpc) is 2.25. The van der Waals surface area contributed by atoms with Crippen molar-refractivity contribution in [3.8, 4) is 0 Å². The Labute approximate surface area is 103 Å². The zero-order chi connectivity index (χ0) is 13.1. The number of carbonyl (C=O) groups is 1. The number of hydrogen-bond acceptors (Lipinski definition) is 4. The fourth-order valence-corrected chi connectivity index (χ4v) is 1.75. The lowest BCUT2D eigenvalue weighted by molar-refractivity contribution is 0.0255. The first-order chi connectivity index (χ1) is 7.87. The van der Waals surface area contributed by atoms with Gasteiger partial charge in [-0.15, -0.1) is 0 Å². The van der Waals surface area contributed by atoms with E-state index in [-0.39, 0.29) is 6.09 Å². The third-order valence-electron chi connectivity index (χ3n) is 2.60. The Morgan fingerprint density at radius 2 is 1.82 bits per heavy atom. The first-order valence-corrected chi connectivity index (χ1v) is 5.93. The van der Waals surface area contributed by atoms with E-state index in [1.165, 1.54) is 0 Å². The van der Waals surface area contributed by atoms with Crippen molar-refractivity contribution in [2.45, 2.75) is 32.8 Å². The standard InChI is InChI=1S/C12H23N3O2/c1-12(2,3)17-11(16)15-7-6-9(13-4)10(8-15)14-5/h13-14H,6-8H2,1-5H3. The topological polar surface area (TPSA) is 53.6 Å². The van der Waals surface area contributed by atoms with Crippen molar-refractivity contribution < 1.29 is 9.53 Å². The molecule has 1 heterocycles. The van der Waals surface area contributed by atoms with Gasteiger partial charge in [0, 0.05) is 38.5 Å². The molecule has 0 atom stereocenters. The second kappa shape index (κ2) is 5.29. The van der Waals surface area contributed by atoms with Crippen LogP contribution in [-0.4, -0.2) is 43.8 Å². The van der Waals surface area contributed by atoms with Gasteiger partial charge in [-0.05, 0) is 20.8 Å². The minimum atomic E-state index is -0.441. The molecule has 5 heteroatoms. The summed E-state index contributed by atoms with van der Waals surface area (Å²) in [5, 5.41) is 6.27. The van der Waals surface area contributed by atoms with Crippen molar-refractivity contribution in [2.24, 2.45) is 0 Å². The Morgan fingerprint density at radius 3 is 2.29 bits per heavy atom. The van der Waals surface area contributed by atoms with Crippen LogP contribution in [0.15, 0.2) is 11.4 Å². The molecule has 0 aromatic carbocycles. The fourth-order valence-electron chi connectivity index (χ4n) is 1.75. The lowest BCUT2D eigenvalue weighted by Crippen LogP contribution is -2.43. The summed E-state index contributed by atoms with van der Waals surface area (Å²) in [7, 11) is 3.76. The number of amides is 1. The Morgan fingerprint density at radius 1 is 1.24 bits per heavy atom. The number of nitrogens with one attached hydrogen (secondary N) is 2. The molecule has 1 amide bonds. The molecule has 5 nitrogen and oxygen atoms in total. The summed E-state index contributed by atoms with van der Waals surface area (Å²) in [4.78, 5) is 13.6. The molecule has 0 fully saturated rings. The molecule has 98 valence electrons. The highest BCUT2D eigenvalue weighted by Crippen LogP contribution is 2.16. The molecule has 0 aromatic heterocycles. The lowest BCUT2D eigenvalue weighted by Gasteiger charge is -2.32. The summed E-state index contributed by atoms with van der Waals surface area (Å²) in [6.07, 6.45) is 0.576. The van der Waals surface area contributed by atoms with Gasteiger partial charge in [-0.3, -0.25) is 0 Å². The predicted molar refractivity (Wildman–Crippen MR) is 67.6 cm³/mol. The van der Waals surface area contributed by atoms with E-state index in [0.717, 1.165) is 17.8 Å². The molecule has 0 saturated heterocycles. The highest BCUT2D eigenvalue weighted by atomic mass is 16.6. The van der Waals surface area contributed by atoms with Gasteiger partial charge in [-0.1, -0.05) is 0 Å². The molecule has 0 bridgehead atoms. The molecule has 2 N–H and O–H groups in total. The SMILES string of the molecule is CNC1=C(NC)CN(C(=O)OC(C)(C)C)CC1. The van der Waals surface area contributed by atoms with Gasteiger partial charge in [0.2, 0.25) is 0 Å². The van der Waals surface area contributed by atoms with Gasteiger partial charge in [0.25, 0.3) is 0 Å². The molecule has 0 aromatic rings. The van der Waals surface area contributed by atoms with E-state index < -0.39 is 5.60 Å². The van der Waals surface area contributed by atoms with E-state index in [2.05, 4.69) is 10.6 Å². The average molecular weight is 241 g/mol. The maximum absolute atomic E-state index is 11.9. The molecule has 1 aliphatic heterocycles. The Balaban J connectivity index is 2.66. The monoisotopic (exact) mass is 241 g/mol. The minimum Gasteiger partial charge on any atom is -0.444 e. The number of ether oxygens (including phenoxy) is 1.